The number of anilines is 2. The van der Waals surface area contributed by atoms with Crippen LogP contribution in [0, 0.1) is 5.92 Å². The molecule has 2 aliphatic rings. The lowest BCUT2D eigenvalue weighted by molar-refractivity contribution is -0.0478. The third kappa shape index (κ3) is 3.31. The Balaban J connectivity index is 1.34. The van der Waals surface area contributed by atoms with Crippen LogP contribution in [-0.4, -0.2) is 61.0 Å². The van der Waals surface area contributed by atoms with Crippen LogP contribution in [0.2, 0.25) is 0 Å². The van der Waals surface area contributed by atoms with Crippen LogP contribution in [-0.2, 0) is 4.74 Å². The second kappa shape index (κ2) is 7.07. The number of hydrogen-bond donors (Lipinski definition) is 0. The summed E-state index contributed by atoms with van der Waals surface area (Å²) in [4.78, 5) is 17.2. The van der Waals surface area contributed by atoms with E-state index < -0.39 is 0 Å². The van der Waals surface area contributed by atoms with Crippen molar-refractivity contribution in [3.05, 3.63) is 36.8 Å². The maximum atomic E-state index is 6.15. The van der Waals surface area contributed by atoms with Gasteiger partial charge in [0.2, 0.25) is 5.88 Å². The summed E-state index contributed by atoms with van der Waals surface area (Å²) in [5.41, 5.74) is -0.0588. The molecule has 7 nitrogen and oxygen atoms in total. The van der Waals surface area contributed by atoms with Crippen molar-refractivity contribution in [1.82, 2.24) is 15.0 Å². The third-order valence-corrected chi connectivity index (χ3v) is 5.29. The predicted octanol–water partition coefficient (Wildman–Crippen LogP) is 2.00. The fourth-order valence-corrected chi connectivity index (χ4v) is 3.80. The maximum Gasteiger partial charge on any atom is 0.213 e. The Morgan fingerprint density at radius 3 is 2.92 bits per heavy atom. The van der Waals surface area contributed by atoms with E-state index in [1.807, 2.05) is 43.3 Å². The molecular formula is C19H25N5O2. The highest BCUT2D eigenvalue weighted by atomic mass is 16.5. The first kappa shape index (κ1) is 17.0. The lowest BCUT2D eigenvalue weighted by Gasteiger charge is -2.50. The third-order valence-electron chi connectivity index (χ3n) is 5.29. The van der Waals surface area contributed by atoms with Gasteiger partial charge in [-0.05, 0) is 24.8 Å². The average molecular weight is 355 g/mol. The summed E-state index contributed by atoms with van der Waals surface area (Å²) in [5, 5.41) is 0. The van der Waals surface area contributed by atoms with Crippen molar-refractivity contribution in [2.45, 2.75) is 18.4 Å². The number of aromatic nitrogens is 3. The highest BCUT2D eigenvalue weighted by Crippen LogP contribution is 2.43. The molecule has 0 amide bonds. The van der Waals surface area contributed by atoms with E-state index in [-0.39, 0.29) is 5.60 Å². The molecule has 0 aliphatic carbocycles. The molecule has 0 N–H and O–H groups in total. The topological polar surface area (TPSA) is 63.6 Å². The zero-order chi connectivity index (χ0) is 18.0. The van der Waals surface area contributed by atoms with E-state index in [0.717, 1.165) is 44.2 Å². The molecule has 7 heteroatoms. The van der Waals surface area contributed by atoms with Crippen LogP contribution in [0.5, 0.6) is 5.88 Å². The highest BCUT2D eigenvalue weighted by Gasteiger charge is 2.53. The van der Waals surface area contributed by atoms with Gasteiger partial charge >= 0.3 is 0 Å². The van der Waals surface area contributed by atoms with E-state index in [9.17, 15) is 0 Å². The molecule has 0 aromatic carbocycles. The summed E-state index contributed by atoms with van der Waals surface area (Å²) < 4.78 is 11.9. The van der Waals surface area contributed by atoms with Gasteiger partial charge in [-0.25, -0.2) is 15.0 Å². The van der Waals surface area contributed by atoms with Gasteiger partial charge < -0.3 is 19.3 Å². The highest BCUT2D eigenvalue weighted by molar-refractivity contribution is 5.52. The van der Waals surface area contributed by atoms with Crippen molar-refractivity contribution in [3.8, 4) is 5.88 Å². The Morgan fingerprint density at radius 1 is 1.27 bits per heavy atom. The van der Waals surface area contributed by atoms with Crippen LogP contribution in [0.3, 0.4) is 0 Å². The summed E-state index contributed by atoms with van der Waals surface area (Å²) in [6.07, 6.45) is 5.45. The number of nitrogens with zero attached hydrogens (tertiary/aromatic N) is 5. The van der Waals surface area contributed by atoms with Crippen LogP contribution in [0.4, 0.5) is 11.6 Å². The molecule has 4 rings (SSSR count). The standard InChI is InChI=1S/C19H25N5O2/c1-23(2)16-11-17(22-14-21-16)24-12-19(13-24)15(7-10-26-19)6-9-25-18-5-3-4-8-20-18/h3-5,8,11,14-15H,6-7,9-10,12-13H2,1-2H3/t15-/m1/s1. The number of hydrogen-bond acceptors (Lipinski definition) is 7. The second-order valence-corrected chi connectivity index (χ2v) is 7.19. The lowest BCUT2D eigenvalue weighted by atomic mass is 9.79. The summed E-state index contributed by atoms with van der Waals surface area (Å²) in [7, 11) is 3.98. The molecule has 1 spiro atoms. The quantitative estimate of drug-likeness (QED) is 0.785. The van der Waals surface area contributed by atoms with Crippen molar-refractivity contribution in [2.24, 2.45) is 5.92 Å². The first-order valence-electron chi connectivity index (χ1n) is 9.08. The van der Waals surface area contributed by atoms with E-state index in [2.05, 4.69) is 19.9 Å². The van der Waals surface area contributed by atoms with Gasteiger partial charge in [0, 0.05) is 39.0 Å². The Hall–Kier alpha value is -2.41. The van der Waals surface area contributed by atoms with Crippen LogP contribution in [0.25, 0.3) is 0 Å². The fraction of sp³-hybridized carbons (Fsp3) is 0.526. The summed E-state index contributed by atoms with van der Waals surface area (Å²) in [6.45, 7) is 3.26. The zero-order valence-corrected chi connectivity index (χ0v) is 15.3. The largest absolute Gasteiger partial charge is 0.478 e. The molecule has 2 aromatic rings. The Labute approximate surface area is 154 Å². The minimum atomic E-state index is -0.0588. The Bertz CT molecular complexity index is 734. The molecular weight excluding hydrogens is 330 g/mol. The fourth-order valence-electron chi connectivity index (χ4n) is 3.80. The van der Waals surface area contributed by atoms with Crippen molar-refractivity contribution < 1.29 is 9.47 Å². The predicted molar refractivity (Wildman–Crippen MR) is 99.7 cm³/mol. The summed E-state index contributed by atoms with van der Waals surface area (Å²) in [6, 6.07) is 7.75. The van der Waals surface area contributed by atoms with Crippen LogP contribution in [0.1, 0.15) is 12.8 Å². The number of pyridine rings is 1. The molecule has 2 saturated heterocycles. The smallest absolute Gasteiger partial charge is 0.213 e. The lowest BCUT2D eigenvalue weighted by Crippen LogP contribution is -2.65. The first-order valence-corrected chi connectivity index (χ1v) is 9.08. The molecule has 0 saturated carbocycles. The molecule has 2 aromatic heterocycles. The normalized spacial score (nSPS) is 20.8. The van der Waals surface area contributed by atoms with Gasteiger partial charge in [0.15, 0.2) is 0 Å². The van der Waals surface area contributed by atoms with Crippen molar-refractivity contribution >= 4 is 11.6 Å². The minimum Gasteiger partial charge on any atom is -0.478 e. The molecule has 2 aliphatic heterocycles. The van der Waals surface area contributed by atoms with E-state index in [1.54, 1.807) is 12.5 Å². The average Bonchev–Trinajstić information content (AvgIpc) is 3.05. The maximum absolute atomic E-state index is 6.15. The van der Waals surface area contributed by atoms with Gasteiger partial charge in [0.1, 0.15) is 23.6 Å². The van der Waals surface area contributed by atoms with Crippen molar-refractivity contribution in [3.63, 3.8) is 0 Å². The SMILES string of the molecule is CN(C)c1cc(N2CC3(C2)OCC[C@H]3CCOc2ccccn2)ncn1. The molecule has 138 valence electrons. The van der Waals surface area contributed by atoms with Gasteiger partial charge in [0.25, 0.3) is 0 Å². The molecule has 2 fully saturated rings. The first-order chi connectivity index (χ1) is 12.7. The molecule has 0 radical (unpaired) electrons. The van der Waals surface area contributed by atoms with E-state index in [4.69, 9.17) is 9.47 Å². The second-order valence-electron chi connectivity index (χ2n) is 7.19. The van der Waals surface area contributed by atoms with Gasteiger partial charge in [-0.1, -0.05) is 6.07 Å². The van der Waals surface area contributed by atoms with Crippen molar-refractivity contribution in [2.75, 3.05) is 50.2 Å². The summed E-state index contributed by atoms with van der Waals surface area (Å²) in [5.74, 6) is 3.09. The molecule has 0 bridgehead atoms. The van der Waals surface area contributed by atoms with Crippen molar-refractivity contribution in [1.29, 1.82) is 0 Å². The molecule has 1 atom stereocenters. The zero-order valence-electron chi connectivity index (χ0n) is 15.3. The van der Waals surface area contributed by atoms with E-state index in [1.165, 1.54) is 0 Å². The molecule has 26 heavy (non-hydrogen) atoms. The van der Waals surface area contributed by atoms with Crippen LogP contribution >= 0.6 is 0 Å². The van der Waals surface area contributed by atoms with E-state index >= 15 is 0 Å². The Morgan fingerprint density at radius 2 is 2.15 bits per heavy atom. The van der Waals surface area contributed by atoms with Gasteiger partial charge in [-0.15, -0.1) is 0 Å². The number of ether oxygens (including phenoxy) is 2. The van der Waals surface area contributed by atoms with Gasteiger partial charge in [-0.2, -0.15) is 0 Å². The minimum absolute atomic E-state index is 0.0588. The monoisotopic (exact) mass is 355 g/mol. The Kier molecular flexibility index (Phi) is 4.63. The number of rotatable bonds is 6. The van der Waals surface area contributed by atoms with Crippen LogP contribution in [0.15, 0.2) is 36.8 Å². The summed E-state index contributed by atoms with van der Waals surface area (Å²) >= 11 is 0. The van der Waals surface area contributed by atoms with E-state index in [0.29, 0.717) is 18.4 Å². The molecule has 0 unspecified atom stereocenters. The molecule has 4 heterocycles. The van der Waals surface area contributed by atoms with Crippen LogP contribution < -0.4 is 14.5 Å². The van der Waals surface area contributed by atoms with Gasteiger partial charge in [-0.3, -0.25) is 0 Å². The van der Waals surface area contributed by atoms with Gasteiger partial charge in [0.05, 0.1) is 19.7 Å².